The van der Waals surface area contributed by atoms with Crippen LogP contribution in [0.25, 0.3) is 0 Å². The predicted octanol–water partition coefficient (Wildman–Crippen LogP) is 2.91. The minimum absolute atomic E-state index is 0.638. The Balaban J connectivity index is 0.000000366. The molecular formula is C12H22O3P2. The molecule has 0 aliphatic carbocycles. The van der Waals surface area contributed by atoms with Crippen LogP contribution in [0.5, 0.6) is 0 Å². The summed E-state index contributed by atoms with van der Waals surface area (Å²) in [7, 11) is -2.90. The molecule has 0 radical (unpaired) electrons. The summed E-state index contributed by atoms with van der Waals surface area (Å²) in [6.45, 7) is 8.15. The summed E-state index contributed by atoms with van der Waals surface area (Å²) in [6, 6.07) is 10.7. The van der Waals surface area contributed by atoms with Gasteiger partial charge in [-0.3, -0.25) is 0 Å². The summed E-state index contributed by atoms with van der Waals surface area (Å²) in [4.78, 5) is 9.81. The van der Waals surface area contributed by atoms with Crippen molar-refractivity contribution < 1.29 is 14.0 Å². The average molecular weight is 276 g/mol. The molecule has 0 amide bonds. The lowest BCUT2D eigenvalue weighted by Crippen LogP contribution is -1.98. The van der Waals surface area contributed by atoms with Gasteiger partial charge in [-0.25, -0.2) is 0 Å². The molecule has 1 aromatic carbocycles. The van der Waals surface area contributed by atoms with E-state index in [9.17, 15) is 9.46 Å². The molecule has 17 heavy (non-hydrogen) atoms. The van der Waals surface area contributed by atoms with E-state index in [1.807, 2.05) is 0 Å². The van der Waals surface area contributed by atoms with E-state index < -0.39 is 14.9 Å². The molecule has 5 heteroatoms. The fraction of sp³-hybridized carbons (Fsp3) is 0.500. The molecule has 0 fully saturated rings. The molecule has 1 rings (SSSR count). The van der Waals surface area contributed by atoms with Crippen LogP contribution in [0.1, 0.15) is 5.56 Å². The van der Waals surface area contributed by atoms with Crippen molar-refractivity contribution in [3.8, 4) is 0 Å². The van der Waals surface area contributed by atoms with Gasteiger partial charge in [0.05, 0.1) is 6.16 Å². The van der Waals surface area contributed by atoms with Crippen molar-refractivity contribution in [2.24, 2.45) is 0 Å². The van der Waals surface area contributed by atoms with Crippen molar-refractivity contribution in [3.63, 3.8) is 0 Å². The van der Waals surface area contributed by atoms with Gasteiger partial charge in [0, 0.05) is 41.0 Å². The molecule has 0 N–H and O–H groups in total. The third-order valence-corrected chi connectivity index (χ3v) is 3.81. The van der Waals surface area contributed by atoms with E-state index >= 15 is 0 Å². The number of hydrogen-bond acceptors (Lipinski definition) is 3. The van der Waals surface area contributed by atoms with Crippen molar-refractivity contribution in [2.75, 3.05) is 33.8 Å². The first-order chi connectivity index (χ1) is 7.64. The quantitative estimate of drug-likeness (QED) is 0.797. The van der Waals surface area contributed by atoms with Gasteiger partial charge in [0.15, 0.2) is 0 Å². The second-order valence-corrected chi connectivity index (χ2v) is 11.7. The Hall–Kier alpha value is -0.200. The summed E-state index contributed by atoms with van der Waals surface area (Å²) in [5, 5.41) is 0. The van der Waals surface area contributed by atoms with Crippen LogP contribution in [0, 0.1) is 0 Å². The van der Waals surface area contributed by atoms with Gasteiger partial charge in [-0.05, 0) is 5.56 Å². The Morgan fingerprint density at radius 2 is 1.65 bits per heavy atom. The van der Waals surface area contributed by atoms with Gasteiger partial charge >= 0.3 is 0 Å². The van der Waals surface area contributed by atoms with Crippen molar-refractivity contribution in [3.05, 3.63) is 35.9 Å². The largest absolute Gasteiger partial charge is 0.779 e. The molecule has 0 saturated heterocycles. The van der Waals surface area contributed by atoms with Crippen LogP contribution in [-0.2, 0) is 15.3 Å². The van der Waals surface area contributed by atoms with E-state index in [2.05, 4.69) is 54.9 Å². The van der Waals surface area contributed by atoms with Gasteiger partial charge in [-0.15, -0.1) is 0 Å². The maximum atomic E-state index is 9.81. The first kappa shape index (κ1) is 16.8. The normalized spacial score (nSPS) is 14.5. The number of rotatable bonds is 3. The van der Waals surface area contributed by atoms with Gasteiger partial charge in [0.2, 0.25) is 0 Å². The van der Waals surface area contributed by atoms with Gasteiger partial charge < -0.3 is 14.0 Å². The Morgan fingerprint density at radius 3 is 1.94 bits per heavy atom. The predicted molar refractivity (Wildman–Crippen MR) is 75.4 cm³/mol. The summed E-state index contributed by atoms with van der Waals surface area (Å²) >= 11 is 0. The van der Waals surface area contributed by atoms with E-state index in [-0.39, 0.29) is 0 Å². The molecule has 0 aliphatic heterocycles. The topological polar surface area (TPSA) is 49.4 Å². The molecular weight excluding hydrogens is 254 g/mol. The molecule has 0 spiro atoms. The number of benzene rings is 1. The second-order valence-electron chi connectivity index (χ2n) is 4.89. The molecule has 3 nitrogen and oxygen atoms in total. The van der Waals surface area contributed by atoms with E-state index in [0.29, 0.717) is 0 Å². The van der Waals surface area contributed by atoms with Crippen molar-refractivity contribution in [1.82, 2.24) is 0 Å². The zero-order valence-electron chi connectivity index (χ0n) is 11.2. The van der Waals surface area contributed by atoms with Gasteiger partial charge in [-0.2, -0.15) is 0 Å². The summed E-state index contributed by atoms with van der Waals surface area (Å²) in [6.07, 6.45) is 1.27. The van der Waals surface area contributed by atoms with Gasteiger partial charge in [-0.1, -0.05) is 30.3 Å². The molecule has 0 aliphatic rings. The Kier molecular flexibility index (Phi) is 7.20. The fourth-order valence-electron chi connectivity index (χ4n) is 1.13. The minimum Gasteiger partial charge on any atom is -0.779 e. The third-order valence-electron chi connectivity index (χ3n) is 1.83. The number of hydrogen-bond donors (Lipinski definition) is 0. The molecule has 1 unspecified atom stereocenters. The maximum absolute atomic E-state index is 9.81. The Morgan fingerprint density at radius 1 is 1.24 bits per heavy atom. The summed E-state index contributed by atoms with van der Waals surface area (Å²) in [5.41, 5.74) is 1.48. The first-order valence-electron chi connectivity index (χ1n) is 5.33. The van der Waals surface area contributed by atoms with Crippen LogP contribution in [0.3, 0.4) is 0 Å². The van der Waals surface area contributed by atoms with Crippen LogP contribution in [0.15, 0.2) is 30.3 Å². The standard InChI is InChI=1S/C10H16P.C2H7O3P/c1-11(2,3)9-10-7-5-4-6-8-10;1-5-6(2,3)4/h4-8H,9H2,1-3H3;1-2H3,(H,3,4)/q+1;/p-1. The highest BCUT2D eigenvalue weighted by Gasteiger charge is 2.16. The third kappa shape index (κ3) is 12.1. The monoisotopic (exact) mass is 276 g/mol. The first-order valence-corrected chi connectivity index (χ1v) is 10.6. The van der Waals surface area contributed by atoms with Crippen LogP contribution in [-0.4, -0.2) is 33.8 Å². The Bertz CT molecular complexity index is 352. The van der Waals surface area contributed by atoms with Gasteiger partial charge in [0.25, 0.3) is 0 Å². The lowest BCUT2D eigenvalue weighted by molar-refractivity contribution is -0.194. The SMILES string of the molecule is COP(C)(=O)[O-].C[P+](C)(C)Cc1ccccc1. The average Bonchev–Trinajstić information content (AvgIpc) is 2.16. The maximum Gasteiger partial charge on any atom is 0.131 e. The molecule has 98 valence electrons. The minimum atomic E-state index is -3.40. The fourth-order valence-corrected chi connectivity index (χ4v) is 2.44. The zero-order valence-corrected chi connectivity index (χ0v) is 13.0. The van der Waals surface area contributed by atoms with Crippen LogP contribution < -0.4 is 4.89 Å². The molecule has 0 aromatic heterocycles. The van der Waals surface area contributed by atoms with E-state index in [0.717, 1.165) is 13.8 Å². The highest BCUT2D eigenvalue weighted by molar-refractivity contribution is 7.72. The Labute approximate surface area is 105 Å². The molecule has 0 heterocycles. The van der Waals surface area contributed by atoms with Crippen LogP contribution >= 0.6 is 14.9 Å². The van der Waals surface area contributed by atoms with E-state index in [1.165, 1.54) is 11.7 Å². The lowest BCUT2D eigenvalue weighted by atomic mass is 10.2. The highest BCUT2D eigenvalue weighted by atomic mass is 31.2. The van der Waals surface area contributed by atoms with Crippen molar-refractivity contribution in [1.29, 1.82) is 0 Å². The highest BCUT2D eigenvalue weighted by Crippen LogP contribution is 2.49. The lowest BCUT2D eigenvalue weighted by Gasteiger charge is -2.12. The second kappa shape index (κ2) is 7.28. The van der Waals surface area contributed by atoms with Crippen molar-refractivity contribution >= 4 is 14.9 Å². The van der Waals surface area contributed by atoms with Crippen LogP contribution in [0.2, 0.25) is 0 Å². The summed E-state index contributed by atoms with van der Waals surface area (Å²) < 4.78 is 13.7. The zero-order chi connectivity index (χ0) is 13.5. The van der Waals surface area contributed by atoms with Gasteiger partial charge in [0.1, 0.15) is 7.60 Å². The summed E-state index contributed by atoms with van der Waals surface area (Å²) in [5.74, 6) is 0. The smallest absolute Gasteiger partial charge is 0.131 e. The van der Waals surface area contributed by atoms with E-state index in [4.69, 9.17) is 0 Å². The van der Waals surface area contributed by atoms with Crippen LogP contribution in [0.4, 0.5) is 0 Å². The van der Waals surface area contributed by atoms with Crippen molar-refractivity contribution in [2.45, 2.75) is 6.16 Å². The van der Waals surface area contributed by atoms with E-state index in [1.54, 1.807) is 0 Å². The molecule has 1 atom stereocenters. The molecule has 1 aromatic rings. The molecule has 0 saturated carbocycles. The molecule has 0 bridgehead atoms.